The van der Waals surface area contributed by atoms with Gasteiger partial charge in [0.15, 0.2) is 6.61 Å². The summed E-state index contributed by atoms with van der Waals surface area (Å²) in [5, 5.41) is 0. The number of esters is 1. The van der Waals surface area contributed by atoms with Gasteiger partial charge in [-0.3, -0.25) is 4.79 Å². The monoisotopic (exact) mass is 422 g/mol. The summed E-state index contributed by atoms with van der Waals surface area (Å²) in [6, 6.07) is 5.04. The number of hydrogen-bond donors (Lipinski definition) is 0. The van der Waals surface area contributed by atoms with Gasteiger partial charge in [-0.2, -0.15) is 0 Å². The second kappa shape index (κ2) is 7.72. The van der Waals surface area contributed by atoms with Crippen molar-refractivity contribution in [2.45, 2.75) is 37.6 Å². The Kier molecular flexibility index (Phi) is 5.64. The van der Waals surface area contributed by atoms with Crippen LogP contribution >= 0.6 is 0 Å². The molecule has 3 rings (SSSR count). The van der Waals surface area contributed by atoms with Gasteiger partial charge in [-0.15, -0.1) is 0 Å². The molecule has 0 spiro atoms. The summed E-state index contributed by atoms with van der Waals surface area (Å²) in [6.07, 6.45) is 2.15. The number of carbonyl (C=O) groups is 2. The van der Waals surface area contributed by atoms with Crippen LogP contribution in [0.4, 0.5) is 4.39 Å². The molecule has 1 aromatic heterocycles. The Hall–Kier alpha value is -2.52. The molecule has 0 amide bonds. The van der Waals surface area contributed by atoms with E-state index in [2.05, 4.69) is 4.57 Å². The molecule has 1 aromatic carbocycles. The van der Waals surface area contributed by atoms with Gasteiger partial charge < -0.3 is 9.30 Å². The lowest BCUT2D eigenvalue weighted by atomic mass is 10.1. The number of aromatic nitrogens is 1. The Balaban J connectivity index is 1.76. The number of hydrogen-bond acceptors (Lipinski definition) is 5. The Labute approximate surface area is 169 Å². The molecule has 2 aromatic rings. The van der Waals surface area contributed by atoms with E-state index in [9.17, 15) is 22.4 Å². The Morgan fingerprint density at radius 1 is 1.17 bits per heavy atom. The summed E-state index contributed by atoms with van der Waals surface area (Å²) in [7, 11) is -1.19. The van der Waals surface area contributed by atoms with Crippen LogP contribution < -0.4 is 0 Å². The van der Waals surface area contributed by atoms with Crippen LogP contribution in [0.2, 0.25) is 0 Å². The zero-order valence-electron chi connectivity index (χ0n) is 16.7. The minimum atomic E-state index is -3.84. The number of nitrogens with zero attached hydrogens (tertiary/aromatic N) is 2. The molecule has 1 saturated carbocycles. The smallest absolute Gasteiger partial charge is 0.341 e. The van der Waals surface area contributed by atoms with Crippen LogP contribution in [0.25, 0.3) is 0 Å². The maximum absolute atomic E-state index is 14.1. The summed E-state index contributed by atoms with van der Waals surface area (Å²) in [5.74, 6) is -2.41. The molecule has 0 bridgehead atoms. The topological polar surface area (TPSA) is 85.7 Å². The van der Waals surface area contributed by atoms with E-state index in [0.29, 0.717) is 11.6 Å². The summed E-state index contributed by atoms with van der Waals surface area (Å²) < 4.78 is 46.5. The van der Waals surface area contributed by atoms with Crippen LogP contribution in [0.15, 0.2) is 29.2 Å². The van der Waals surface area contributed by atoms with E-state index in [-0.39, 0.29) is 4.90 Å². The van der Waals surface area contributed by atoms with E-state index in [1.807, 2.05) is 13.8 Å². The molecule has 1 aliphatic carbocycles. The van der Waals surface area contributed by atoms with Gasteiger partial charge in [0.1, 0.15) is 5.82 Å². The lowest BCUT2D eigenvalue weighted by Crippen LogP contribution is -2.23. The second-order valence-electron chi connectivity index (χ2n) is 7.31. The van der Waals surface area contributed by atoms with Crippen LogP contribution in [0.5, 0.6) is 0 Å². The maximum Gasteiger partial charge on any atom is 0.341 e. The molecule has 29 heavy (non-hydrogen) atoms. The lowest BCUT2D eigenvalue weighted by molar-refractivity contribution is 0.0469. The molecule has 0 unspecified atom stereocenters. The number of ketones is 1. The average molecular weight is 422 g/mol. The fourth-order valence-corrected chi connectivity index (χ4v) is 4.20. The number of aryl methyl sites for hydroxylation is 1. The zero-order valence-corrected chi connectivity index (χ0v) is 17.5. The van der Waals surface area contributed by atoms with E-state index in [0.717, 1.165) is 46.7 Å². The van der Waals surface area contributed by atoms with Crippen LogP contribution in [0.3, 0.4) is 0 Å². The quantitative estimate of drug-likeness (QED) is 0.506. The van der Waals surface area contributed by atoms with Crippen molar-refractivity contribution in [3.05, 3.63) is 52.6 Å². The van der Waals surface area contributed by atoms with Crippen molar-refractivity contribution in [2.24, 2.45) is 0 Å². The first kappa shape index (κ1) is 21.2. The highest BCUT2D eigenvalue weighted by atomic mass is 32.2. The summed E-state index contributed by atoms with van der Waals surface area (Å²) in [5.41, 5.74) is 1.71. The van der Waals surface area contributed by atoms with Crippen molar-refractivity contribution in [3.63, 3.8) is 0 Å². The fraction of sp³-hybridized carbons (Fsp3) is 0.400. The number of benzene rings is 1. The highest BCUT2D eigenvalue weighted by Gasteiger charge is 2.29. The van der Waals surface area contributed by atoms with Crippen molar-refractivity contribution in [2.75, 3.05) is 20.7 Å². The second-order valence-corrected chi connectivity index (χ2v) is 9.47. The molecule has 7 nitrogen and oxygen atoms in total. The van der Waals surface area contributed by atoms with Gasteiger partial charge in [-0.1, -0.05) is 0 Å². The molecule has 1 fully saturated rings. The molecule has 1 heterocycles. The van der Waals surface area contributed by atoms with Crippen LogP contribution in [0.1, 0.15) is 51.0 Å². The van der Waals surface area contributed by atoms with Crippen LogP contribution in [-0.2, 0) is 14.8 Å². The highest BCUT2D eigenvalue weighted by Crippen LogP contribution is 2.38. The molecule has 0 N–H and O–H groups in total. The Morgan fingerprint density at radius 2 is 1.83 bits per heavy atom. The first-order chi connectivity index (χ1) is 13.5. The summed E-state index contributed by atoms with van der Waals surface area (Å²) >= 11 is 0. The SMILES string of the molecule is Cc1cc(C(=O)COC(=O)c2cc(S(=O)(=O)N(C)C)ccc2F)c(C)n1C1CC1. The summed E-state index contributed by atoms with van der Waals surface area (Å²) in [4.78, 5) is 24.6. The number of ether oxygens (including phenoxy) is 1. The molecule has 0 saturated heterocycles. The minimum absolute atomic E-state index is 0.241. The number of rotatable bonds is 7. The van der Waals surface area contributed by atoms with Gasteiger partial charge >= 0.3 is 5.97 Å². The van der Waals surface area contributed by atoms with Gasteiger partial charge in [0.2, 0.25) is 15.8 Å². The largest absolute Gasteiger partial charge is 0.454 e. The molecule has 0 atom stereocenters. The Bertz CT molecular complexity index is 1080. The van der Waals surface area contributed by atoms with E-state index in [1.54, 1.807) is 6.07 Å². The van der Waals surface area contributed by atoms with Crippen LogP contribution in [0, 0.1) is 19.7 Å². The predicted molar refractivity (Wildman–Crippen MR) is 104 cm³/mol. The molecular formula is C20H23FN2O5S. The van der Waals surface area contributed by atoms with Gasteiger partial charge in [0.25, 0.3) is 0 Å². The van der Waals surface area contributed by atoms with Crippen LogP contribution in [-0.4, -0.2) is 49.7 Å². The highest BCUT2D eigenvalue weighted by molar-refractivity contribution is 7.89. The molecular weight excluding hydrogens is 399 g/mol. The number of Topliss-reactive ketones (excluding diaryl/α,β-unsaturated/α-hetero) is 1. The number of halogens is 1. The van der Waals surface area contributed by atoms with Crippen molar-refractivity contribution < 1.29 is 27.1 Å². The zero-order chi connectivity index (χ0) is 21.5. The number of carbonyl (C=O) groups excluding carboxylic acids is 2. The van der Waals surface area contributed by atoms with E-state index < -0.39 is 39.8 Å². The minimum Gasteiger partial charge on any atom is -0.454 e. The first-order valence-corrected chi connectivity index (χ1v) is 10.6. The molecule has 156 valence electrons. The standard InChI is InChI=1S/C20H23FN2O5S/c1-12-9-16(13(2)23(12)14-5-6-14)19(24)11-28-20(25)17-10-15(7-8-18(17)21)29(26,27)22(3)4/h7-10,14H,5-6,11H2,1-4H3. The fourth-order valence-electron chi connectivity index (χ4n) is 3.27. The van der Waals surface area contributed by atoms with E-state index in [4.69, 9.17) is 4.74 Å². The van der Waals surface area contributed by atoms with E-state index in [1.165, 1.54) is 14.1 Å². The lowest BCUT2D eigenvalue weighted by Gasteiger charge is -2.12. The molecule has 0 aliphatic heterocycles. The van der Waals surface area contributed by atoms with Crippen molar-refractivity contribution >= 4 is 21.8 Å². The third-order valence-corrected chi connectivity index (χ3v) is 6.78. The third-order valence-electron chi connectivity index (χ3n) is 4.97. The van der Waals surface area contributed by atoms with Gasteiger partial charge in [-0.05, 0) is 51.0 Å². The normalized spacial score (nSPS) is 14.3. The Morgan fingerprint density at radius 3 is 2.41 bits per heavy atom. The summed E-state index contributed by atoms with van der Waals surface area (Å²) in [6.45, 7) is 3.20. The first-order valence-electron chi connectivity index (χ1n) is 9.15. The van der Waals surface area contributed by atoms with Gasteiger partial charge in [0, 0.05) is 37.1 Å². The van der Waals surface area contributed by atoms with Crippen molar-refractivity contribution in [3.8, 4) is 0 Å². The average Bonchev–Trinajstić information content (AvgIpc) is 3.44. The predicted octanol–water partition coefficient (Wildman–Crippen LogP) is 2.87. The third kappa shape index (κ3) is 4.11. The van der Waals surface area contributed by atoms with Crippen molar-refractivity contribution in [1.82, 2.24) is 8.87 Å². The van der Waals surface area contributed by atoms with Crippen molar-refractivity contribution in [1.29, 1.82) is 0 Å². The number of sulfonamides is 1. The van der Waals surface area contributed by atoms with Gasteiger partial charge in [-0.25, -0.2) is 21.9 Å². The van der Waals surface area contributed by atoms with Gasteiger partial charge in [0.05, 0.1) is 10.5 Å². The molecule has 1 aliphatic rings. The molecule has 9 heteroatoms. The van der Waals surface area contributed by atoms with E-state index >= 15 is 0 Å². The maximum atomic E-state index is 14.1. The molecule has 0 radical (unpaired) electrons.